The molecule has 0 aliphatic rings. The van der Waals surface area contributed by atoms with E-state index < -0.39 is 5.41 Å². The summed E-state index contributed by atoms with van der Waals surface area (Å²) < 4.78 is 6.15. The number of rotatable bonds is 10. The first kappa shape index (κ1) is 37.8. The van der Waals surface area contributed by atoms with Crippen LogP contribution in [-0.2, 0) is 5.41 Å². The molecule has 0 aliphatic heterocycles. The van der Waals surface area contributed by atoms with Crippen LogP contribution < -0.4 is 4.90 Å². The number of furan rings is 1. The van der Waals surface area contributed by atoms with Crippen LogP contribution in [0.2, 0.25) is 0 Å². The molecule has 10 aromatic carbocycles. The van der Waals surface area contributed by atoms with Gasteiger partial charge in [0.15, 0.2) is 0 Å². The van der Waals surface area contributed by atoms with Crippen LogP contribution in [0.15, 0.2) is 265 Å². The topological polar surface area (TPSA) is 16.4 Å². The Balaban J connectivity index is 1.02. The van der Waals surface area contributed by atoms with Crippen molar-refractivity contribution in [1.82, 2.24) is 0 Å². The molecule has 0 N–H and O–H groups in total. The summed E-state index contributed by atoms with van der Waals surface area (Å²) in [5.74, 6) is 0. The van der Waals surface area contributed by atoms with Crippen molar-refractivity contribution in [2.24, 2.45) is 0 Å². The summed E-state index contributed by atoms with van der Waals surface area (Å²) in [6.45, 7) is 0. The summed E-state index contributed by atoms with van der Waals surface area (Å²) in [5, 5.41) is 2.26. The van der Waals surface area contributed by atoms with Gasteiger partial charge in [0.25, 0.3) is 0 Å². The first-order valence-corrected chi connectivity index (χ1v) is 21.6. The Bertz CT molecular complexity index is 3190. The van der Waals surface area contributed by atoms with Gasteiger partial charge in [0, 0.05) is 27.8 Å². The Hall–Kier alpha value is -8.20. The van der Waals surface area contributed by atoms with Gasteiger partial charge >= 0.3 is 0 Å². The Kier molecular flexibility index (Phi) is 9.80. The zero-order valence-electron chi connectivity index (χ0n) is 34.7. The highest BCUT2D eigenvalue weighted by Crippen LogP contribution is 2.46. The molecule has 11 rings (SSSR count). The van der Waals surface area contributed by atoms with E-state index in [0.717, 1.165) is 50.1 Å². The lowest BCUT2D eigenvalue weighted by atomic mass is 9.65. The SMILES string of the molecule is c1ccc(-c2cccc(-c3ccc(N(c4ccc(-c5ccc6oc7ccccc7c6c5)cc4)c4ccc(C(c5ccccc5)(c5ccccc5)c5ccccc5)cc4)cc3)c2)cc1. The highest BCUT2D eigenvalue weighted by Gasteiger charge is 2.38. The first-order valence-electron chi connectivity index (χ1n) is 21.6. The second-order valence-electron chi connectivity index (χ2n) is 16.1. The molecule has 2 heteroatoms. The number of hydrogen-bond acceptors (Lipinski definition) is 2. The monoisotopic (exact) mass is 805 g/mol. The van der Waals surface area contributed by atoms with Crippen molar-refractivity contribution < 1.29 is 4.42 Å². The van der Waals surface area contributed by atoms with Gasteiger partial charge in [0.05, 0.1) is 5.41 Å². The van der Waals surface area contributed by atoms with E-state index in [1.54, 1.807) is 0 Å². The lowest BCUT2D eigenvalue weighted by Crippen LogP contribution is -2.31. The molecule has 2 nitrogen and oxygen atoms in total. The largest absolute Gasteiger partial charge is 0.456 e. The summed E-state index contributed by atoms with van der Waals surface area (Å²) in [7, 11) is 0. The number of hydrogen-bond donors (Lipinski definition) is 0. The molecule has 63 heavy (non-hydrogen) atoms. The van der Waals surface area contributed by atoms with E-state index in [2.05, 4.69) is 254 Å². The molecule has 0 radical (unpaired) electrons. The molecular formula is C61H43NO. The number of nitrogens with zero attached hydrogens (tertiary/aromatic N) is 1. The molecular weight excluding hydrogens is 763 g/mol. The summed E-state index contributed by atoms with van der Waals surface area (Å²) in [5.41, 5.74) is 16.4. The molecule has 0 atom stereocenters. The second-order valence-corrected chi connectivity index (χ2v) is 16.1. The molecule has 0 spiro atoms. The molecule has 0 bridgehead atoms. The van der Waals surface area contributed by atoms with Crippen LogP contribution >= 0.6 is 0 Å². The normalized spacial score (nSPS) is 11.5. The summed E-state index contributed by atoms with van der Waals surface area (Å²) in [4.78, 5) is 2.36. The molecule has 11 aromatic rings. The molecule has 0 aliphatic carbocycles. The fourth-order valence-electron chi connectivity index (χ4n) is 9.39. The Morgan fingerprint density at radius 1 is 0.254 bits per heavy atom. The standard InChI is InChI=1S/C61H43NO/c1-5-16-44(17-6-1)47-18-15-19-48(42-47)45-28-35-54(36-29-45)62(55-37-30-46(31-38-55)49-32-41-60-58(43-49)57-26-13-14-27-59(57)63-60)56-39-33-53(34-40-56)61(50-20-7-2-8-21-50,51-22-9-3-10-23-51)52-24-11-4-12-25-52/h1-43H. The van der Waals surface area contributed by atoms with Gasteiger partial charge in [-0.05, 0) is 116 Å². The molecule has 1 heterocycles. The fraction of sp³-hybridized carbons (Fsp3) is 0.0164. The number of para-hydroxylation sites is 1. The Morgan fingerprint density at radius 2 is 0.619 bits per heavy atom. The van der Waals surface area contributed by atoms with Crippen molar-refractivity contribution in [3.63, 3.8) is 0 Å². The van der Waals surface area contributed by atoms with Gasteiger partial charge in [-0.15, -0.1) is 0 Å². The number of fused-ring (bicyclic) bond motifs is 3. The highest BCUT2D eigenvalue weighted by atomic mass is 16.3. The number of anilines is 3. The maximum Gasteiger partial charge on any atom is 0.135 e. The molecule has 0 saturated carbocycles. The number of benzene rings is 10. The van der Waals surface area contributed by atoms with Crippen molar-refractivity contribution in [2.75, 3.05) is 4.90 Å². The molecule has 1 aromatic heterocycles. The Morgan fingerprint density at radius 3 is 1.14 bits per heavy atom. The van der Waals surface area contributed by atoms with Crippen LogP contribution in [0.1, 0.15) is 22.3 Å². The minimum absolute atomic E-state index is 0.536. The smallest absolute Gasteiger partial charge is 0.135 e. The van der Waals surface area contributed by atoms with E-state index in [9.17, 15) is 0 Å². The lowest BCUT2D eigenvalue weighted by molar-refractivity contribution is 0.669. The van der Waals surface area contributed by atoms with Crippen molar-refractivity contribution in [1.29, 1.82) is 0 Å². The van der Waals surface area contributed by atoms with Crippen LogP contribution in [0.3, 0.4) is 0 Å². The van der Waals surface area contributed by atoms with Crippen molar-refractivity contribution in [2.45, 2.75) is 5.41 Å². The van der Waals surface area contributed by atoms with Crippen LogP contribution in [-0.4, -0.2) is 0 Å². The molecule has 0 unspecified atom stereocenters. The molecule has 0 fully saturated rings. The maximum atomic E-state index is 6.15. The quantitative estimate of drug-likeness (QED) is 0.128. The van der Waals surface area contributed by atoms with Gasteiger partial charge in [0.2, 0.25) is 0 Å². The van der Waals surface area contributed by atoms with Crippen LogP contribution in [0.25, 0.3) is 55.3 Å². The van der Waals surface area contributed by atoms with Crippen LogP contribution in [0.4, 0.5) is 17.1 Å². The predicted molar refractivity (Wildman–Crippen MR) is 263 cm³/mol. The Labute approximate surface area is 368 Å². The third kappa shape index (κ3) is 6.98. The fourth-order valence-corrected chi connectivity index (χ4v) is 9.39. The van der Waals surface area contributed by atoms with E-state index >= 15 is 0 Å². The van der Waals surface area contributed by atoms with Gasteiger partial charge in [-0.3, -0.25) is 0 Å². The zero-order chi connectivity index (χ0) is 42.0. The first-order chi connectivity index (χ1) is 31.2. The van der Waals surface area contributed by atoms with E-state index in [4.69, 9.17) is 4.42 Å². The van der Waals surface area contributed by atoms with E-state index in [-0.39, 0.29) is 0 Å². The predicted octanol–water partition coefficient (Wildman–Crippen LogP) is 16.4. The average molecular weight is 806 g/mol. The maximum absolute atomic E-state index is 6.15. The van der Waals surface area contributed by atoms with Crippen LogP contribution in [0, 0.1) is 0 Å². The third-order valence-corrected chi connectivity index (χ3v) is 12.4. The second kappa shape index (κ2) is 16.3. The van der Waals surface area contributed by atoms with E-state index in [1.165, 1.54) is 44.5 Å². The van der Waals surface area contributed by atoms with Gasteiger partial charge < -0.3 is 9.32 Å². The minimum atomic E-state index is -0.536. The third-order valence-electron chi connectivity index (χ3n) is 12.4. The van der Waals surface area contributed by atoms with E-state index in [0.29, 0.717) is 0 Å². The highest BCUT2D eigenvalue weighted by molar-refractivity contribution is 6.06. The van der Waals surface area contributed by atoms with Crippen molar-refractivity contribution in [3.05, 3.63) is 283 Å². The average Bonchev–Trinajstić information content (AvgIpc) is 3.75. The summed E-state index contributed by atoms with van der Waals surface area (Å²) in [6, 6.07) is 93.9. The van der Waals surface area contributed by atoms with Gasteiger partial charge in [-0.1, -0.05) is 200 Å². The molecule has 298 valence electrons. The van der Waals surface area contributed by atoms with Gasteiger partial charge in [0.1, 0.15) is 11.2 Å². The minimum Gasteiger partial charge on any atom is -0.456 e. The molecule has 0 saturated heterocycles. The van der Waals surface area contributed by atoms with E-state index in [1.807, 2.05) is 12.1 Å². The van der Waals surface area contributed by atoms with Crippen molar-refractivity contribution in [3.8, 4) is 33.4 Å². The summed E-state index contributed by atoms with van der Waals surface area (Å²) in [6.07, 6.45) is 0. The van der Waals surface area contributed by atoms with Crippen molar-refractivity contribution >= 4 is 39.0 Å². The summed E-state index contributed by atoms with van der Waals surface area (Å²) >= 11 is 0. The lowest BCUT2D eigenvalue weighted by Gasteiger charge is -2.37. The van der Waals surface area contributed by atoms with Gasteiger partial charge in [-0.25, -0.2) is 0 Å². The van der Waals surface area contributed by atoms with Crippen LogP contribution in [0.5, 0.6) is 0 Å². The zero-order valence-corrected chi connectivity index (χ0v) is 34.7. The molecule has 0 amide bonds. The van der Waals surface area contributed by atoms with Gasteiger partial charge in [-0.2, -0.15) is 0 Å².